The minimum atomic E-state index is -1.98. The van der Waals surface area contributed by atoms with Crippen molar-refractivity contribution in [2.24, 2.45) is 15.5 Å². The van der Waals surface area contributed by atoms with Crippen LogP contribution in [0.1, 0.15) is 134 Å². The number of benzene rings is 6. The number of likely N-dealkylation sites (tertiary alicyclic amines) is 1. The van der Waals surface area contributed by atoms with Gasteiger partial charge in [-0.2, -0.15) is 0 Å². The molecular weight excluding hydrogens is 946 g/mol. The van der Waals surface area contributed by atoms with E-state index in [0.717, 1.165) is 16.7 Å². The lowest BCUT2D eigenvalue weighted by molar-refractivity contribution is -0.383. The summed E-state index contributed by atoms with van der Waals surface area (Å²) in [4.78, 5) is 24.2. The quantitative estimate of drug-likeness (QED) is 0.137. The molecular formula is C57H54Cl4N4O4. The molecule has 0 aromatic heterocycles. The summed E-state index contributed by atoms with van der Waals surface area (Å²) in [6.07, 6.45) is 0. The van der Waals surface area contributed by atoms with Crippen molar-refractivity contribution in [3.63, 3.8) is 0 Å². The number of halogens is 4. The van der Waals surface area contributed by atoms with Crippen LogP contribution in [0.3, 0.4) is 0 Å². The maximum absolute atomic E-state index is 7.65. The number of ether oxygens (including phenoxy) is 1. The molecule has 4 aliphatic heterocycles. The predicted octanol–water partition coefficient (Wildman–Crippen LogP) is 15.1. The summed E-state index contributed by atoms with van der Waals surface area (Å²) in [6, 6.07) is 46.2. The van der Waals surface area contributed by atoms with Gasteiger partial charge in [-0.05, 0) is 99.6 Å². The number of hydrogen-bond acceptors (Lipinski definition) is 8. The number of piperidine rings is 1. The molecule has 0 bridgehead atoms. The molecule has 8 nitrogen and oxygen atoms in total. The smallest absolute Gasteiger partial charge is 0.366 e. The third kappa shape index (κ3) is 8.01. The highest BCUT2D eigenvalue weighted by Crippen LogP contribution is 2.64. The fraction of sp³-hybridized carbons (Fsp3) is 0.316. The van der Waals surface area contributed by atoms with Crippen molar-refractivity contribution in [3.05, 3.63) is 210 Å². The Morgan fingerprint density at radius 3 is 1.30 bits per heavy atom. The Labute approximate surface area is 424 Å². The van der Waals surface area contributed by atoms with E-state index in [1.165, 1.54) is 16.7 Å². The van der Waals surface area contributed by atoms with Crippen LogP contribution in [0, 0.1) is 0 Å². The van der Waals surface area contributed by atoms with E-state index in [0.29, 0.717) is 66.0 Å². The standard InChI is InChI=1S/C57H54Cl4N4O4/c1-33(2)37-13-19-41(20-14-37)52-50(46-27-25-44(58)29-48(46)60)55(67-62-52)31-65(36(7)40-11-9-8-10-12-40)32-56(57(55)66-54(64-69-57)43-23-17-39(18-24-43)35(5)6)51(47-28-26-45(59)30-49(47)61)53(63-68-56)42-21-15-38(16-22-42)34(3)4/h8-30,33-36,50-51H,31-32H2,1-7H3/t36-,50-,51+,55-,56+,57?/m1/s1. The molecule has 6 atom stereocenters. The third-order valence-corrected chi connectivity index (χ3v) is 15.7. The molecule has 1 fully saturated rings. The van der Waals surface area contributed by atoms with Gasteiger partial charge in [-0.25, -0.2) is 0 Å². The summed E-state index contributed by atoms with van der Waals surface area (Å²) >= 11 is 28.3. The highest BCUT2D eigenvalue weighted by molar-refractivity contribution is 6.36. The SMILES string of the molecule is CC(C)c1ccc(C2=NOC3(O2)[C@@]2(CN([C@H](C)c4ccccc4)C[C@]34ON=C(c3ccc(C(C)C)cc3)[C@H]4c3ccc(Cl)cc3Cl)ON=C(c3ccc(C(C)C)cc3)[C@@H]2c2ccc(Cl)cc2Cl)cc1. The molecule has 12 heteroatoms. The summed E-state index contributed by atoms with van der Waals surface area (Å²) < 4.78 is 7.65. The molecule has 0 amide bonds. The normalized spacial score (nSPS) is 24.6. The molecule has 69 heavy (non-hydrogen) atoms. The minimum Gasteiger partial charge on any atom is -0.423 e. The van der Waals surface area contributed by atoms with Gasteiger partial charge < -0.3 is 19.2 Å². The van der Waals surface area contributed by atoms with Gasteiger partial charge in [0.05, 0.1) is 36.3 Å². The average Bonchev–Trinajstić information content (AvgIpc) is 4.07. The number of rotatable bonds is 10. The molecule has 354 valence electrons. The van der Waals surface area contributed by atoms with Crippen LogP contribution in [0.2, 0.25) is 20.1 Å². The number of nitrogens with zero attached hydrogens (tertiary/aromatic N) is 4. The monoisotopic (exact) mass is 998 g/mol. The van der Waals surface area contributed by atoms with Gasteiger partial charge in [0.2, 0.25) is 11.2 Å². The van der Waals surface area contributed by atoms with Crippen LogP contribution in [-0.2, 0) is 19.2 Å². The van der Waals surface area contributed by atoms with Gasteiger partial charge in [-0.3, -0.25) is 4.90 Å². The lowest BCUT2D eigenvalue weighted by atomic mass is 9.60. The minimum absolute atomic E-state index is 0.198. The van der Waals surface area contributed by atoms with Gasteiger partial charge in [-0.1, -0.05) is 201 Å². The summed E-state index contributed by atoms with van der Waals surface area (Å²) in [5.74, 6) is -2.39. The second-order valence-corrected chi connectivity index (χ2v) is 21.3. The maximum atomic E-state index is 7.65. The molecule has 4 aliphatic rings. The molecule has 1 saturated heterocycles. The van der Waals surface area contributed by atoms with Crippen LogP contribution in [0.25, 0.3) is 0 Å². The Morgan fingerprint density at radius 2 is 0.899 bits per heavy atom. The first-order valence-electron chi connectivity index (χ1n) is 23.6. The highest BCUT2D eigenvalue weighted by atomic mass is 35.5. The Balaban J connectivity index is 1.27. The predicted molar refractivity (Wildman–Crippen MR) is 279 cm³/mol. The molecule has 0 saturated carbocycles. The Kier molecular flexibility index (Phi) is 12.6. The Bertz CT molecular complexity index is 2840. The molecule has 1 unspecified atom stereocenters. The topological polar surface area (TPSA) is 77.2 Å². The van der Waals surface area contributed by atoms with E-state index < -0.39 is 28.8 Å². The molecule has 0 N–H and O–H groups in total. The lowest BCUT2D eigenvalue weighted by Crippen LogP contribution is -2.81. The third-order valence-electron chi connectivity index (χ3n) is 14.5. The largest absolute Gasteiger partial charge is 0.423 e. The average molecular weight is 1000 g/mol. The van der Waals surface area contributed by atoms with Crippen LogP contribution in [-0.4, -0.2) is 52.3 Å². The fourth-order valence-electron chi connectivity index (χ4n) is 10.6. The van der Waals surface area contributed by atoms with Crippen molar-refractivity contribution in [2.75, 3.05) is 13.1 Å². The molecule has 10 rings (SSSR count). The molecule has 0 aliphatic carbocycles. The summed E-state index contributed by atoms with van der Waals surface area (Å²) in [5.41, 5.74) is 6.33. The first-order valence-corrected chi connectivity index (χ1v) is 25.1. The van der Waals surface area contributed by atoms with E-state index in [-0.39, 0.29) is 25.0 Å². The van der Waals surface area contributed by atoms with Crippen molar-refractivity contribution in [1.29, 1.82) is 0 Å². The Morgan fingerprint density at radius 1 is 0.478 bits per heavy atom. The molecule has 0 radical (unpaired) electrons. The molecule has 4 heterocycles. The second-order valence-electron chi connectivity index (χ2n) is 19.6. The van der Waals surface area contributed by atoms with Crippen LogP contribution in [0.5, 0.6) is 0 Å². The van der Waals surface area contributed by atoms with Gasteiger partial charge in [-0.15, -0.1) is 0 Å². The highest BCUT2D eigenvalue weighted by Gasteiger charge is 2.86. The molecule has 3 spiro atoms. The van der Waals surface area contributed by atoms with Gasteiger partial charge in [0.1, 0.15) is 0 Å². The summed E-state index contributed by atoms with van der Waals surface area (Å²) in [6.45, 7) is 15.6. The van der Waals surface area contributed by atoms with E-state index in [1.54, 1.807) is 12.1 Å². The van der Waals surface area contributed by atoms with E-state index in [4.69, 9.17) is 81.1 Å². The molecule has 6 aromatic rings. The van der Waals surface area contributed by atoms with E-state index in [2.05, 4.69) is 126 Å². The zero-order chi connectivity index (χ0) is 48.4. The number of hydrogen-bond donors (Lipinski definition) is 0. The first-order chi connectivity index (χ1) is 33.1. The van der Waals surface area contributed by atoms with Crippen molar-refractivity contribution in [2.45, 2.75) is 101 Å². The van der Waals surface area contributed by atoms with Crippen molar-refractivity contribution in [3.8, 4) is 0 Å². The van der Waals surface area contributed by atoms with Crippen molar-refractivity contribution >= 4 is 63.7 Å². The zero-order valence-electron chi connectivity index (χ0n) is 39.6. The zero-order valence-corrected chi connectivity index (χ0v) is 42.6. The van der Waals surface area contributed by atoms with Crippen molar-refractivity contribution < 1.29 is 19.2 Å². The van der Waals surface area contributed by atoms with Gasteiger partial charge in [0.15, 0.2) is 0 Å². The van der Waals surface area contributed by atoms with Crippen molar-refractivity contribution in [1.82, 2.24) is 4.90 Å². The van der Waals surface area contributed by atoms with E-state index >= 15 is 0 Å². The second kappa shape index (κ2) is 18.4. The maximum Gasteiger partial charge on any atom is 0.366 e. The summed E-state index contributed by atoms with van der Waals surface area (Å²) in [5, 5.41) is 17.0. The van der Waals surface area contributed by atoms with Gasteiger partial charge in [0, 0.05) is 42.8 Å². The van der Waals surface area contributed by atoms with Crippen LogP contribution in [0.15, 0.2) is 155 Å². The van der Waals surface area contributed by atoms with E-state index in [1.807, 2.05) is 54.6 Å². The number of fused-ring (bicyclic) bond motifs is 2. The van der Waals surface area contributed by atoms with E-state index in [9.17, 15) is 0 Å². The molecule has 6 aromatic carbocycles. The van der Waals surface area contributed by atoms with Crippen LogP contribution < -0.4 is 0 Å². The van der Waals surface area contributed by atoms with Crippen LogP contribution in [0.4, 0.5) is 0 Å². The first kappa shape index (κ1) is 47.3. The van der Waals surface area contributed by atoms with Gasteiger partial charge in [0.25, 0.3) is 5.90 Å². The van der Waals surface area contributed by atoms with Crippen LogP contribution >= 0.6 is 46.4 Å². The lowest BCUT2D eigenvalue weighted by Gasteiger charge is -2.58. The number of oxime groups is 3. The van der Waals surface area contributed by atoms with Gasteiger partial charge >= 0.3 is 5.79 Å². The fourth-order valence-corrected chi connectivity index (χ4v) is 11.6. The Hall–Kier alpha value is -5.35. The summed E-state index contributed by atoms with van der Waals surface area (Å²) in [7, 11) is 0.